The van der Waals surface area contributed by atoms with Gasteiger partial charge in [-0.05, 0) is 71.9 Å². The summed E-state index contributed by atoms with van der Waals surface area (Å²) in [5.74, 6) is -1.34. The van der Waals surface area contributed by atoms with Crippen LogP contribution in [0.1, 0.15) is 83.5 Å². The number of carbonyl (C=O) groups excluding carboxylic acids is 4. The molecule has 3 saturated heterocycles. The molecule has 2 unspecified atom stereocenters. The molecule has 2 aromatic heterocycles. The highest BCUT2D eigenvalue weighted by Gasteiger charge is 2.54. The third-order valence-corrected chi connectivity index (χ3v) is 12.9. The molecule has 15 nitrogen and oxygen atoms in total. The third kappa shape index (κ3) is 8.58. The number of nitrogens with zero attached hydrogens (tertiary/aromatic N) is 8. The number of carbonyl (C=O) groups is 4. The highest BCUT2D eigenvalue weighted by atomic mass is 35.5. The molecule has 7 rings (SSSR count). The summed E-state index contributed by atoms with van der Waals surface area (Å²) in [5, 5.41) is 20.4. The van der Waals surface area contributed by atoms with Crippen LogP contribution < -0.4 is 15.5 Å². The maximum absolute atomic E-state index is 13.6. The number of nitriles is 1. The highest BCUT2D eigenvalue weighted by molar-refractivity contribution is 7.81. The molecule has 0 spiro atoms. The van der Waals surface area contributed by atoms with E-state index in [-0.39, 0.29) is 83.9 Å². The van der Waals surface area contributed by atoms with Crippen LogP contribution in [0.15, 0.2) is 30.5 Å². The van der Waals surface area contributed by atoms with Crippen LogP contribution in [0.4, 0.5) is 11.4 Å². The molecule has 5 heterocycles. The first-order chi connectivity index (χ1) is 27.2. The van der Waals surface area contributed by atoms with Gasteiger partial charge in [-0.3, -0.25) is 48.8 Å². The number of hydrogen-bond acceptors (Lipinski definition) is 12. The zero-order chi connectivity index (χ0) is 40.8. The summed E-state index contributed by atoms with van der Waals surface area (Å²) < 4.78 is 8.11. The van der Waals surface area contributed by atoms with E-state index in [4.69, 9.17) is 29.0 Å². The Labute approximate surface area is 355 Å². The zero-order valence-electron chi connectivity index (χ0n) is 33.5. The monoisotopic (exact) mass is 854 g/mol. The molecule has 4 fully saturated rings. The maximum Gasteiger partial charge on any atom is 0.249 e. The lowest BCUT2D eigenvalue weighted by Crippen LogP contribution is -2.58. The number of piperazine rings is 1. The van der Waals surface area contributed by atoms with Crippen LogP contribution in [0.2, 0.25) is 5.02 Å². The van der Waals surface area contributed by atoms with Gasteiger partial charge in [-0.1, -0.05) is 23.7 Å². The lowest BCUT2D eigenvalue weighted by molar-refractivity contribution is -0.134. The van der Waals surface area contributed by atoms with Crippen molar-refractivity contribution >= 4 is 82.5 Å². The Hall–Kier alpha value is -3.82. The van der Waals surface area contributed by atoms with Crippen molar-refractivity contribution in [1.29, 1.82) is 5.26 Å². The number of anilines is 2. The van der Waals surface area contributed by atoms with E-state index >= 15 is 0 Å². The quantitative estimate of drug-likeness (QED) is 0.195. The van der Waals surface area contributed by atoms with Crippen molar-refractivity contribution in [1.82, 2.24) is 34.8 Å². The maximum atomic E-state index is 13.6. The van der Waals surface area contributed by atoms with Gasteiger partial charge in [0, 0.05) is 56.6 Å². The summed E-state index contributed by atoms with van der Waals surface area (Å²) in [7, 11) is 1.80. The number of benzene rings is 1. The zero-order valence-corrected chi connectivity index (χ0v) is 35.9. The number of thiol groups is 1. The van der Waals surface area contributed by atoms with E-state index in [1.807, 2.05) is 38.1 Å². The number of para-hydroxylation sites is 1. The Bertz CT molecular complexity index is 2090. The van der Waals surface area contributed by atoms with Gasteiger partial charge >= 0.3 is 0 Å². The van der Waals surface area contributed by atoms with Crippen molar-refractivity contribution in [2.24, 2.45) is 7.05 Å². The number of aromatic nitrogens is 3. The van der Waals surface area contributed by atoms with E-state index in [1.165, 1.54) is 6.20 Å². The minimum atomic E-state index is -0.780. The van der Waals surface area contributed by atoms with Gasteiger partial charge in [0.15, 0.2) is 5.69 Å². The number of piperidine rings is 1. The molecule has 3 aromatic rings. The molecule has 312 valence electrons. The van der Waals surface area contributed by atoms with E-state index in [0.29, 0.717) is 30.1 Å². The summed E-state index contributed by atoms with van der Waals surface area (Å²) >= 11 is 11.2. The van der Waals surface area contributed by atoms with Gasteiger partial charge < -0.3 is 10.1 Å². The molecule has 0 bridgehead atoms. The number of aryl methyl sites for hydroxylation is 1. The largest absolute Gasteiger partial charge is 0.377 e. The number of rotatable bonds is 10. The van der Waals surface area contributed by atoms with Gasteiger partial charge in [0.2, 0.25) is 23.6 Å². The Morgan fingerprint density at radius 3 is 2.48 bits per heavy atom. The van der Waals surface area contributed by atoms with Gasteiger partial charge in [-0.15, -0.1) is 25.0 Å². The van der Waals surface area contributed by atoms with Crippen molar-refractivity contribution in [3.8, 4) is 6.07 Å². The average molecular weight is 856 g/mol. The highest BCUT2D eigenvalue weighted by Crippen LogP contribution is 2.42. The van der Waals surface area contributed by atoms with E-state index in [1.54, 1.807) is 22.7 Å². The van der Waals surface area contributed by atoms with Crippen LogP contribution >= 0.6 is 36.6 Å². The molecule has 4 aliphatic rings. The van der Waals surface area contributed by atoms with E-state index in [9.17, 15) is 24.4 Å². The molecule has 4 amide bonds. The molecular weight excluding hydrogens is 803 g/mol. The second-order valence-corrected chi connectivity index (χ2v) is 17.2. The van der Waals surface area contributed by atoms with Crippen LogP contribution in [0, 0.1) is 11.3 Å². The smallest absolute Gasteiger partial charge is 0.249 e. The predicted molar refractivity (Wildman–Crippen MR) is 226 cm³/mol. The number of imide groups is 1. The first-order valence-corrected chi connectivity index (χ1v) is 20.6. The SMILES string of the molecule is C[C@@H]1CN(CCOC2CCC(N3C(S)N(c4cnc(C#N)c(Cl)c4)C(=O)C3(C)C)CC2)C[C@H](C)N1CC(=O)Nc1cccc2c(C3CCC(=O)NC3=O)nn(C)c12.Cl. The second kappa shape index (κ2) is 17.8. The van der Waals surface area contributed by atoms with Gasteiger partial charge in [-0.25, -0.2) is 4.98 Å². The molecule has 3 aliphatic heterocycles. The van der Waals surface area contributed by atoms with Crippen molar-refractivity contribution in [2.45, 2.75) is 107 Å². The van der Waals surface area contributed by atoms with Gasteiger partial charge in [0.25, 0.3) is 0 Å². The lowest BCUT2D eigenvalue weighted by Gasteiger charge is -2.44. The summed E-state index contributed by atoms with van der Waals surface area (Å²) in [6.45, 7) is 11.5. The topological polar surface area (TPSA) is 169 Å². The fourth-order valence-corrected chi connectivity index (χ4v) is 10.2. The number of halogens is 2. The van der Waals surface area contributed by atoms with Gasteiger partial charge in [0.1, 0.15) is 11.6 Å². The first kappa shape index (κ1) is 43.8. The number of nitrogens with one attached hydrogen (secondary N) is 2. The van der Waals surface area contributed by atoms with Crippen LogP contribution in [-0.2, 0) is 31.0 Å². The molecule has 1 aromatic carbocycles. The fourth-order valence-electron chi connectivity index (χ4n) is 9.29. The standard InChI is InChI=1S/C40H51ClN10O5S.ClH/c1-23-20-48(15-16-56-27-11-9-25(10-12-27)51-39(57)50(38(55)40(51,3)4)26-17-30(41)32(18-42)43-19-26)21-24(2)49(23)22-34(53)44-31-8-6-7-28-35(46-47(5)36(28)31)29-13-14-33(52)45-37(29)54;/h6-8,17,19,23-25,27,29,39,57H,9-16,20-22H2,1-5H3,(H,44,53)(H,45,52,54);1H/t23-,24+,25?,27?,29?,39?;. The molecular formula is C40H52Cl2N10O5S. The number of amides is 4. The Kier molecular flexibility index (Phi) is 13.4. The number of pyridine rings is 1. The fraction of sp³-hybridized carbons (Fsp3) is 0.575. The first-order valence-electron chi connectivity index (χ1n) is 19.7. The predicted octanol–water partition coefficient (Wildman–Crippen LogP) is 4.44. The van der Waals surface area contributed by atoms with Crippen LogP contribution in [0.25, 0.3) is 10.9 Å². The number of ether oxygens (including phenoxy) is 1. The van der Waals surface area contributed by atoms with Crippen molar-refractivity contribution in [3.63, 3.8) is 0 Å². The second-order valence-electron chi connectivity index (χ2n) is 16.3. The van der Waals surface area contributed by atoms with Crippen LogP contribution in [0.3, 0.4) is 0 Å². The van der Waals surface area contributed by atoms with Crippen molar-refractivity contribution in [2.75, 3.05) is 43.0 Å². The molecule has 1 aliphatic carbocycles. The van der Waals surface area contributed by atoms with Crippen LogP contribution in [0.5, 0.6) is 0 Å². The normalized spacial score (nSPS) is 27.0. The van der Waals surface area contributed by atoms with E-state index in [0.717, 1.165) is 56.2 Å². The average Bonchev–Trinajstić information content (AvgIpc) is 3.58. The molecule has 0 radical (unpaired) electrons. The van der Waals surface area contributed by atoms with Gasteiger partial charge in [-0.2, -0.15) is 10.4 Å². The van der Waals surface area contributed by atoms with E-state index < -0.39 is 17.0 Å². The molecule has 2 N–H and O–H groups in total. The van der Waals surface area contributed by atoms with Crippen molar-refractivity contribution < 1.29 is 23.9 Å². The summed E-state index contributed by atoms with van der Waals surface area (Å²) in [4.78, 5) is 64.0. The summed E-state index contributed by atoms with van der Waals surface area (Å²) in [6.07, 6.45) is 5.84. The molecule has 58 heavy (non-hydrogen) atoms. The van der Waals surface area contributed by atoms with Gasteiger partial charge in [0.05, 0.1) is 64.5 Å². The van der Waals surface area contributed by atoms with E-state index in [2.05, 4.69) is 49.3 Å². The Morgan fingerprint density at radius 2 is 1.83 bits per heavy atom. The minimum Gasteiger partial charge on any atom is -0.377 e. The summed E-state index contributed by atoms with van der Waals surface area (Å²) in [5.41, 5.74) is 1.34. The Morgan fingerprint density at radius 1 is 1.12 bits per heavy atom. The Balaban J connectivity index is 0.00000567. The lowest BCUT2D eigenvalue weighted by atomic mass is 9.89. The van der Waals surface area contributed by atoms with Crippen LogP contribution in [-0.4, -0.2) is 121 Å². The minimum absolute atomic E-state index is 0. The molecule has 18 heteroatoms. The number of fused-ring (bicyclic) bond motifs is 1. The molecule has 4 atom stereocenters. The van der Waals surface area contributed by atoms with Crippen molar-refractivity contribution in [3.05, 3.63) is 46.9 Å². The number of hydrogen-bond donors (Lipinski definition) is 3. The summed E-state index contributed by atoms with van der Waals surface area (Å²) in [6, 6.07) is 9.61. The molecule has 1 saturated carbocycles. The third-order valence-electron chi connectivity index (χ3n) is 12.1.